The van der Waals surface area contributed by atoms with Gasteiger partial charge in [-0.05, 0) is 141 Å². The molecule has 0 saturated heterocycles. The Labute approximate surface area is 261 Å². The van der Waals surface area contributed by atoms with E-state index in [1.54, 1.807) is 0 Å². The monoisotopic (exact) mass is 598 g/mol. The highest BCUT2D eigenvalue weighted by Crippen LogP contribution is 2.40. The number of aryl methyl sites for hydroxylation is 1. The number of rotatable bonds is 15. The van der Waals surface area contributed by atoms with Crippen LogP contribution in [0.5, 0.6) is 5.75 Å². The standard InChI is InChI=1S/C37H58O6/c1-4-28(3)42-36(38)31-11-13-32(14-12-31)37(39)43-35-23-17-30(18-24-35)29-15-21-34(22-16-29)41-26-8-6-5-7-25-40-33-19-9-27(2)10-20-33/h9-10,19-20,28-32,34-35H,4-8,11-18,21-26H2,1-3H3. The lowest BCUT2D eigenvalue weighted by Crippen LogP contribution is -2.34. The number of ether oxygens (including phenoxy) is 4. The van der Waals surface area contributed by atoms with Crippen molar-refractivity contribution in [1.29, 1.82) is 0 Å². The molecule has 1 aromatic carbocycles. The molecule has 4 rings (SSSR count). The van der Waals surface area contributed by atoms with Gasteiger partial charge in [0, 0.05) is 6.61 Å². The van der Waals surface area contributed by atoms with Crippen LogP contribution in [0.3, 0.4) is 0 Å². The van der Waals surface area contributed by atoms with Crippen molar-refractivity contribution in [2.24, 2.45) is 23.7 Å². The molecule has 3 saturated carbocycles. The lowest BCUT2D eigenvalue weighted by Gasteiger charge is -2.38. The molecule has 43 heavy (non-hydrogen) atoms. The largest absolute Gasteiger partial charge is 0.494 e. The highest BCUT2D eigenvalue weighted by Gasteiger charge is 2.35. The lowest BCUT2D eigenvalue weighted by molar-refractivity contribution is -0.161. The number of unbranched alkanes of at least 4 members (excludes halogenated alkanes) is 3. The lowest BCUT2D eigenvalue weighted by atomic mass is 9.72. The van der Waals surface area contributed by atoms with E-state index in [1.807, 2.05) is 26.0 Å². The zero-order valence-corrected chi connectivity index (χ0v) is 27.2. The van der Waals surface area contributed by atoms with Crippen LogP contribution in [0.15, 0.2) is 24.3 Å². The van der Waals surface area contributed by atoms with E-state index in [-0.39, 0.29) is 36.0 Å². The number of hydrogen-bond acceptors (Lipinski definition) is 6. The summed E-state index contributed by atoms with van der Waals surface area (Å²) < 4.78 is 23.6. The summed E-state index contributed by atoms with van der Waals surface area (Å²) in [6.45, 7) is 7.72. The molecule has 3 aliphatic carbocycles. The number of benzene rings is 1. The maximum Gasteiger partial charge on any atom is 0.309 e. The first-order chi connectivity index (χ1) is 20.9. The van der Waals surface area contributed by atoms with Crippen molar-refractivity contribution in [3.8, 4) is 5.75 Å². The van der Waals surface area contributed by atoms with Gasteiger partial charge in [0.25, 0.3) is 0 Å². The number of carbonyl (C=O) groups excluding carboxylic acids is 2. The molecular formula is C37H58O6. The summed E-state index contributed by atoms with van der Waals surface area (Å²) >= 11 is 0. The molecule has 1 atom stereocenters. The van der Waals surface area contributed by atoms with E-state index in [0.29, 0.717) is 6.10 Å². The van der Waals surface area contributed by atoms with E-state index < -0.39 is 0 Å². The molecule has 1 aromatic rings. The van der Waals surface area contributed by atoms with Gasteiger partial charge in [0.15, 0.2) is 0 Å². The molecule has 3 fully saturated rings. The smallest absolute Gasteiger partial charge is 0.309 e. The Morgan fingerprint density at radius 2 is 1.23 bits per heavy atom. The first-order valence-electron chi connectivity index (χ1n) is 17.6. The maximum absolute atomic E-state index is 12.9. The van der Waals surface area contributed by atoms with Crippen LogP contribution in [0.4, 0.5) is 0 Å². The summed E-state index contributed by atoms with van der Waals surface area (Å²) in [4.78, 5) is 25.2. The van der Waals surface area contributed by atoms with Gasteiger partial charge >= 0.3 is 11.9 Å². The summed E-state index contributed by atoms with van der Waals surface area (Å²) in [5.74, 6) is 2.29. The molecule has 0 heterocycles. The molecule has 0 N–H and O–H groups in total. The number of esters is 2. The highest BCUT2D eigenvalue weighted by atomic mass is 16.5. The molecule has 0 spiro atoms. The van der Waals surface area contributed by atoms with Crippen molar-refractivity contribution >= 4 is 11.9 Å². The van der Waals surface area contributed by atoms with Gasteiger partial charge in [-0.1, -0.05) is 31.0 Å². The maximum atomic E-state index is 12.9. The Morgan fingerprint density at radius 1 is 0.698 bits per heavy atom. The van der Waals surface area contributed by atoms with E-state index in [4.69, 9.17) is 18.9 Å². The summed E-state index contributed by atoms with van der Waals surface area (Å²) in [5.41, 5.74) is 1.26. The molecular weight excluding hydrogens is 540 g/mol. The van der Waals surface area contributed by atoms with Gasteiger partial charge in [-0.25, -0.2) is 0 Å². The molecule has 3 aliphatic rings. The Bertz CT molecular complexity index is 936. The van der Waals surface area contributed by atoms with Gasteiger partial charge in [0.1, 0.15) is 11.9 Å². The average Bonchev–Trinajstić information content (AvgIpc) is 3.04. The van der Waals surface area contributed by atoms with E-state index in [1.165, 1.54) is 56.9 Å². The quantitative estimate of drug-likeness (QED) is 0.148. The second-order valence-corrected chi connectivity index (χ2v) is 13.7. The predicted octanol–water partition coefficient (Wildman–Crippen LogP) is 8.76. The summed E-state index contributed by atoms with van der Waals surface area (Å²) in [6.07, 6.45) is 18.2. The van der Waals surface area contributed by atoms with Gasteiger partial charge in [-0.3, -0.25) is 9.59 Å². The van der Waals surface area contributed by atoms with Crippen molar-refractivity contribution in [2.75, 3.05) is 13.2 Å². The molecule has 242 valence electrons. The molecule has 0 radical (unpaired) electrons. The third-order valence-electron chi connectivity index (χ3n) is 10.4. The number of hydrogen-bond donors (Lipinski definition) is 0. The van der Waals surface area contributed by atoms with Crippen molar-refractivity contribution in [2.45, 2.75) is 148 Å². The van der Waals surface area contributed by atoms with Crippen LogP contribution < -0.4 is 4.74 Å². The fourth-order valence-corrected chi connectivity index (χ4v) is 7.24. The van der Waals surface area contributed by atoms with Crippen LogP contribution in [-0.4, -0.2) is 43.5 Å². The molecule has 0 aliphatic heterocycles. The molecule has 0 aromatic heterocycles. The molecule has 6 nitrogen and oxygen atoms in total. The second-order valence-electron chi connectivity index (χ2n) is 13.7. The SMILES string of the molecule is CCC(C)OC(=O)C1CCC(C(=O)OC2CCC(C3CCC(OCCCCCCOc4ccc(C)cc4)CC3)CC2)CC1. The predicted molar refractivity (Wildman–Crippen MR) is 170 cm³/mol. The van der Waals surface area contributed by atoms with E-state index in [0.717, 1.165) is 88.6 Å². The summed E-state index contributed by atoms with van der Waals surface area (Å²) in [5, 5.41) is 0. The van der Waals surface area contributed by atoms with Gasteiger partial charge in [0.05, 0.1) is 30.7 Å². The summed E-state index contributed by atoms with van der Waals surface area (Å²) in [6, 6.07) is 8.28. The topological polar surface area (TPSA) is 71.1 Å². The van der Waals surface area contributed by atoms with E-state index >= 15 is 0 Å². The van der Waals surface area contributed by atoms with Gasteiger partial charge in [0.2, 0.25) is 0 Å². The average molecular weight is 599 g/mol. The summed E-state index contributed by atoms with van der Waals surface area (Å²) in [7, 11) is 0. The van der Waals surface area contributed by atoms with Crippen molar-refractivity contribution in [1.82, 2.24) is 0 Å². The van der Waals surface area contributed by atoms with E-state index in [2.05, 4.69) is 19.1 Å². The first kappa shape index (κ1) is 33.8. The van der Waals surface area contributed by atoms with Crippen LogP contribution >= 0.6 is 0 Å². The number of carbonyl (C=O) groups is 2. The molecule has 0 amide bonds. The second kappa shape index (κ2) is 18.0. The van der Waals surface area contributed by atoms with Crippen LogP contribution in [-0.2, 0) is 23.8 Å². The Hall–Kier alpha value is -2.08. The van der Waals surface area contributed by atoms with Crippen LogP contribution in [0, 0.1) is 30.6 Å². The zero-order chi connectivity index (χ0) is 30.4. The van der Waals surface area contributed by atoms with Crippen LogP contribution in [0.2, 0.25) is 0 Å². The normalized spacial score (nSPS) is 28.5. The molecule has 6 heteroatoms. The van der Waals surface area contributed by atoms with Crippen molar-refractivity contribution in [3.05, 3.63) is 29.8 Å². The van der Waals surface area contributed by atoms with Crippen LogP contribution in [0.25, 0.3) is 0 Å². The minimum Gasteiger partial charge on any atom is -0.494 e. The fraction of sp³-hybridized carbons (Fsp3) is 0.784. The first-order valence-corrected chi connectivity index (χ1v) is 17.6. The van der Waals surface area contributed by atoms with Crippen molar-refractivity contribution < 1.29 is 28.5 Å². The minimum absolute atomic E-state index is 0.0318. The fourth-order valence-electron chi connectivity index (χ4n) is 7.24. The third-order valence-corrected chi connectivity index (χ3v) is 10.4. The van der Waals surface area contributed by atoms with Gasteiger partial charge in [-0.2, -0.15) is 0 Å². The van der Waals surface area contributed by atoms with Gasteiger partial charge in [-0.15, -0.1) is 0 Å². The van der Waals surface area contributed by atoms with Crippen LogP contribution in [0.1, 0.15) is 129 Å². The Balaban J connectivity index is 0.998. The zero-order valence-electron chi connectivity index (χ0n) is 27.2. The highest BCUT2D eigenvalue weighted by molar-refractivity contribution is 5.75. The van der Waals surface area contributed by atoms with Crippen molar-refractivity contribution in [3.63, 3.8) is 0 Å². The minimum atomic E-state index is -0.0910. The molecule has 0 bridgehead atoms. The van der Waals surface area contributed by atoms with Gasteiger partial charge < -0.3 is 18.9 Å². The third kappa shape index (κ3) is 11.4. The molecule has 1 unspecified atom stereocenters. The van der Waals surface area contributed by atoms with E-state index in [9.17, 15) is 9.59 Å². The Morgan fingerprint density at radius 3 is 1.81 bits per heavy atom. The Kier molecular flexibility index (Phi) is 14.2.